The molecule has 0 spiro atoms. The highest BCUT2D eigenvalue weighted by atomic mass is 32.2. The summed E-state index contributed by atoms with van der Waals surface area (Å²) >= 11 is 0.993. The molecule has 0 aliphatic carbocycles. The number of ether oxygens (including phenoxy) is 1. The molecular weight excluding hydrogens is 346 g/mol. The average molecular weight is 367 g/mol. The SMILES string of the molecule is CCOc1ccccc1/C=C1/SC(=O)N(CCCc2ccccc2)C1=O. The van der Waals surface area contributed by atoms with Crippen LogP contribution in [0.2, 0.25) is 0 Å². The van der Waals surface area contributed by atoms with Gasteiger partial charge in [-0.15, -0.1) is 0 Å². The molecule has 134 valence electrons. The second-order valence-electron chi connectivity index (χ2n) is 5.89. The number of hydrogen-bond donors (Lipinski definition) is 0. The van der Waals surface area contributed by atoms with E-state index in [0.29, 0.717) is 23.8 Å². The van der Waals surface area contributed by atoms with Crippen LogP contribution in [0.5, 0.6) is 5.75 Å². The molecule has 0 saturated carbocycles. The van der Waals surface area contributed by atoms with Gasteiger partial charge in [0.05, 0.1) is 11.5 Å². The lowest BCUT2D eigenvalue weighted by Crippen LogP contribution is -2.29. The smallest absolute Gasteiger partial charge is 0.293 e. The summed E-state index contributed by atoms with van der Waals surface area (Å²) in [5.74, 6) is 0.491. The minimum absolute atomic E-state index is 0.205. The maximum Gasteiger partial charge on any atom is 0.293 e. The van der Waals surface area contributed by atoms with Gasteiger partial charge in [0.1, 0.15) is 5.75 Å². The van der Waals surface area contributed by atoms with Crippen molar-refractivity contribution in [2.45, 2.75) is 19.8 Å². The Balaban J connectivity index is 1.67. The summed E-state index contributed by atoms with van der Waals surface area (Å²) < 4.78 is 5.59. The highest BCUT2D eigenvalue weighted by Gasteiger charge is 2.34. The summed E-state index contributed by atoms with van der Waals surface area (Å²) in [6, 6.07) is 17.6. The fraction of sp³-hybridized carbons (Fsp3) is 0.238. The maximum absolute atomic E-state index is 12.6. The summed E-state index contributed by atoms with van der Waals surface area (Å²) in [6.45, 7) is 2.90. The van der Waals surface area contributed by atoms with Crippen molar-refractivity contribution in [1.82, 2.24) is 4.90 Å². The Labute approximate surface area is 157 Å². The highest BCUT2D eigenvalue weighted by molar-refractivity contribution is 8.18. The minimum Gasteiger partial charge on any atom is -0.493 e. The molecule has 5 heteroatoms. The van der Waals surface area contributed by atoms with Crippen molar-refractivity contribution in [2.75, 3.05) is 13.2 Å². The number of hydrogen-bond acceptors (Lipinski definition) is 4. The monoisotopic (exact) mass is 367 g/mol. The lowest BCUT2D eigenvalue weighted by molar-refractivity contribution is -0.122. The molecule has 2 amide bonds. The number of nitrogens with zero attached hydrogens (tertiary/aromatic N) is 1. The number of carbonyl (C=O) groups excluding carboxylic acids is 2. The van der Waals surface area contributed by atoms with Gasteiger partial charge in [-0.25, -0.2) is 0 Å². The number of carbonyl (C=O) groups is 2. The van der Waals surface area contributed by atoms with Crippen LogP contribution in [0.1, 0.15) is 24.5 Å². The lowest BCUT2D eigenvalue weighted by Gasteiger charge is -2.12. The van der Waals surface area contributed by atoms with Crippen LogP contribution in [0, 0.1) is 0 Å². The average Bonchev–Trinajstić information content (AvgIpc) is 2.92. The minimum atomic E-state index is -0.223. The standard InChI is InChI=1S/C21H21NO3S/c1-2-25-18-13-7-6-12-17(18)15-19-20(23)22(21(24)26-19)14-8-11-16-9-4-3-5-10-16/h3-7,9-10,12-13,15H,2,8,11,14H2,1H3/b19-15+. The predicted octanol–water partition coefficient (Wildman–Crippen LogP) is 4.75. The van der Waals surface area contributed by atoms with Crippen LogP contribution >= 0.6 is 11.8 Å². The molecule has 0 N–H and O–H groups in total. The van der Waals surface area contributed by atoms with Crippen molar-refractivity contribution >= 4 is 29.0 Å². The second kappa shape index (κ2) is 8.72. The number of aryl methyl sites for hydroxylation is 1. The van der Waals surface area contributed by atoms with Gasteiger partial charge in [0, 0.05) is 12.1 Å². The van der Waals surface area contributed by atoms with E-state index in [2.05, 4.69) is 12.1 Å². The van der Waals surface area contributed by atoms with Crippen LogP contribution < -0.4 is 4.74 Å². The summed E-state index contributed by atoms with van der Waals surface area (Å²) in [6.07, 6.45) is 3.34. The molecule has 4 nitrogen and oxygen atoms in total. The van der Waals surface area contributed by atoms with Crippen molar-refractivity contribution in [3.05, 3.63) is 70.6 Å². The molecule has 0 unspecified atom stereocenters. The van der Waals surface area contributed by atoms with Gasteiger partial charge in [-0.3, -0.25) is 14.5 Å². The zero-order valence-electron chi connectivity index (χ0n) is 14.7. The molecular formula is C21H21NO3S. The normalized spacial score (nSPS) is 15.7. The molecule has 1 saturated heterocycles. The van der Waals surface area contributed by atoms with E-state index in [1.165, 1.54) is 10.5 Å². The molecule has 3 rings (SSSR count). The largest absolute Gasteiger partial charge is 0.493 e. The molecule has 26 heavy (non-hydrogen) atoms. The predicted molar refractivity (Wildman–Crippen MR) is 105 cm³/mol. The van der Waals surface area contributed by atoms with Gasteiger partial charge in [-0.1, -0.05) is 48.5 Å². The van der Waals surface area contributed by atoms with Crippen molar-refractivity contribution in [3.63, 3.8) is 0 Å². The van der Waals surface area contributed by atoms with E-state index in [0.717, 1.165) is 30.2 Å². The number of imide groups is 1. The molecule has 0 bridgehead atoms. The van der Waals surface area contributed by atoms with Crippen LogP contribution in [0.4, 0.5) is 4.79 Å². The van der Waals surface area contributed by atoms with E-state index < -0.39 is 0 Å². The summed E-state index contributed by atoms with van der Waals surface area (Å²) in [7, 11) is 0. The quantitative estimate of drug-likeness (QED) is 0.662. The van der Waals surface area contributed by atoms with Crippen LogP contribution in [-0.2, 0) is 11.2 Å². The first-order chi connectivity index (χ1) is 12.7. The second-order valence-corrected chi connectivity index (χ2v) is 6.89. The Morgan fingerprint density at radius 2 is 1.77 bits per heavy atom. The summed E-state index contributed by atoms with van der Waals surface area (Å²) in [5.41, 5.74) is 2.02. The van der Waals surface area contributed by atoms with Crippen LogP contribution in [0.15, 0.2) is 59.5 Å². The van der Waals surface area contributed by atoms with Gasteiger partial charge >= 0.3 is 0 Å². The van der Waals surface area contributed by atoms with Crippen LogP contribution in [0.25, 0.3) is 6.08 Å². The fourth-order valence-electron chi connectivity index (χ4n) is 2.81. The maximum atomic E-state index is 12.6. The topological polar surface area (TPSA) is 46.6 Å². The Bertz CT molecular complexity index is 817. The van der Waals surface area contributed by atoms with Crippen molar-refractivity contribution in [2.24, 2.45) is 0 Å². The van der Waals surface area contributed by atoms with Crippen LogP contribution in [-0.4, -0.2) is 29.2 Å². The number of para-hydroxylation sites is 1. The van der Waals surface area contributed by atoms with E-state index in [1.807, 2.05) is 49.4 Å². The third kappa shape index (κ3) is 4.35. The number of amides is 2. The molecule has 1 fully saturated rings. The molecule has 2 aromatic rings. The molecule has 0 aromatic heterocycles. The van der Waals surface area contributed by atoms with Crippen molar-refractivity contribution in [3.8, 4) is 5.75 Å². The number of thioether (sulfide) groups is 1. The Kier molecular flexibility index (Phi) is 6.12. The van der Waals surface area contributed by atoms with E-state index in [4.69, 9.17) is 4.74 Å². The molecule has 1 aliphatic heterocycles. The fourth-order valence-corrected chi connectivity index (χ4v) is 3.66. The van der Waals surface area contributed by atoms with Gasteiger partial charge in [-0.05, 0) is 49.2 Å². The first kappa shape index (κ1) is 18.3. The Hall–Kier alpha value is -2.53. The van der Waals surface area contributed by atoms with Crippen molar-refractivity contribution < 1.29 is 14.3 Å². The van der Waals surface area contributed by atoms with Gasteiger partial charge in [0.2, 0.25) is 0 Å². The first-order valence-electron chi connectivity index (χ1n) is 8.70. The third-order valence-electron chi connectivity index (χ3n) is 4.07. The molecule has 1 heterocycles. The van der Waals surface area contributed by atoms with Gasteiger partial charge < -0.3 is 4.74 Å². The summed E-state index contributed by atoms with van der Waals surface area (Å²) in [4.78, 5) is 26.6. The van der Waals surface area contributed by atoms with Gasteiger partial charge in [0.15, 0.2) is 0 Å². The van der Waals surface area contributed by atoms with Crippen LogP contribution in [0.3, 0.4) is 0 Å². The third-order valence-corrected chi connectivity index (χ3v) is 4.98. The molecule has 0 atom stereocenters. The number of rotatable bonds is 7. The molecule has 2 aromatic carbocycles. The lowest BCUT2D eigenvalue weighted by atomic mass is 10.1. The zero-order chi connectivity index (χ0) is 18.4. The van der Waals surface area contributed by atoms with Gasteiger partial charge in [-0.2, -0.15) is 0 Å². The number of benzene rings is 2. The highest BCUT2D eigenvalue weighted by Crippen LogP contribution is 2.34. The molecule has 1 aliphatic rings. The van der Waals surface area contributed by atoms with E-state index >= 15 is 0 Å². The van der Waals surface area contributed by atoms with Crippen molar-refractivity contribution in [1.29, 1.82) is 0 Å². The Morgan fingerprint density at radius 3 is 2.54 bits per heavy atom. The van der Waals surface area contributed by atoms with E-state index in [9.17, 15) is 9.59 Å². The van der Waals surface area contributed by atoms with Gasteiger partial charge in [0.25, 0.3) is 11.1 Å². The summed E-state index contributed by atoms with van der Waals surface area (Å²) in [5, 5.41) is -0.205. The first-order valence-corrected chi connectivity index (χ1v) is 9.52. The molecule has 0 radical (unpaired) electrons. The Morgan fingerprint density at radius 1 is 1.04 bits per heavy atom. The van der Waals surface area contributed by atoms with E-state index in [1.54, 1.807) is 6.08 Å². The van der Waals surface area contributed by atoms with E-state index in [-0.39, 0.29) is 11.1 Å². The zero-order valence-corrected chi connectivity index (χ0v) is 15.5.